The Kier molecular flexibility index (Phi) is 3.38. The molecule has 1 heterocycles. The summed E-state index contributed by atoms with van der Waals surface area (Å²) in [6, 6.07) is 3.28. The number of carbonyl (C=O) groups is 1. The normalized spacial score (nSPS) is 24.6. The Morgan fingerprint density at radius 1 is 1.41 bits per heavy atom. The molecule has 0 spiro atoms. The predicted molar refractivity (Wildman–Crippen MR) is 57.7 cm³/mol. The molecule has 17 heavy (non-hydrogen) atoms. The maximum absolute atomic E-state index is 13.6. The number of hydrogen-bond donors (Lipinski definition) is 2. The minimum absolute atomic E-state index is 0.269. The molecule has 1 aromatic rings. The zero-order valence-corrected chi connectivity index (χ0v) is 9.12. The zero-order valence-electron chi connectivity index (χ0n) is 9.12. The van der Waals surface area contributed by atoms with Gasteiger partial charge in [-0.2, -0.15) is 0 Å². The number of benzene rings is 1. The molecule has 3 nitrogen and oxygen atoms in total. The van der Waals surface area contributed by atoms with Crippen LogP contribution in [0.25, 0.3) is 0 Å². The molecular weight excluding hydrogens is 228 g/mol. The Morgan fingerprint density at radius 3 is 2.82 bits per heavy atom. The fourth-order valence-corrected chi connectivity index (χ4v) is 2.28. The van der Waals surface area contributed by atoms with E-state index in [1.807, 2.05) is 0 Å². The van der Waals surface area contributed by atoms with Crippen molar-refractivity contribution in [1.82, 2.24) is 5.32 Å². The Hall–Kier alpha value is -1.49. The first-order chi connectivity index (χ1) is 8.09. The van der Waals surface area contributed by atoms with Crippen molar-refractivity contribution in [1.29, 1.82) is 0 Å². The lowest BCUT2D eigenvalue weighted by atomic mass is 9.81. The van der Waals surface area contributed by atoms with Crippen LogP contribution in [0.4, 0.5) is 8.78 Å². The lowest BCUT2D eigenvalue weighted by Crippen LogP contribution is -2.39. The van der Waals surface area contributed by atoms with Gasteiger partial charge >= 0.3 is 5.97 Å². The standard InChI is InChI=1S/C12H13F2NO2/c13-7-1-2-8(11(14)5-7)10-6-15-4-3-9(10)12(16)17/h1-2,5,9-10,15H,3-4,6H2,(H,16,17)/t9-,10+/m1/s1. The highest BCUT2D eigenvalue weighted by Crippen LogP contribution is 2.31. The highest BCUT2D eigenvalue weighted by molar-refractivity contribution is 5.71. The summed E-state index contributed by atoms with van der Waals surface area (Å²) in [6.07, 6.45) is 0.455. The summed E-state index contributed by atoms with van der Waals surface area (Å²) >= 11 is 0. The average molecular weight is 241 g/mol. The number of carboxylic acid groups (broad SMARTS) is 1. The third-order valence-corrected chi connectivity index (χ3v) is 3.16. The van der Waals surface area contributed by atoms with Crippen LogP contribution in [0, 0.1) is 17.6 Å². The number of aliphatic carboxylic acids is 1. The first kappa shape index (κ1) is 12.0. The van der Waals surface area contributed by atoms with Crippen molar-refractivity contribution >= 4 is 5.97 Å². The van der Waals surface area contributed by atoms with E-state index in [0.29, 0.717) is 19.5 Å². The van der Waals surface area contributed by atoms with Crippen molar-refractivity contribution in [2.45, 2.75) is 12.3 Å². The van der Waals surface area contributed by atoms with Crippen molar-refractivity contribution in [3.63, 3.8) is 0 Å². The second-order valence-electron chi connectivity index (χ2n) is 4.21. The molecule has 0 amide bonds. The quantitative estimate of drug-likeness (QED) is 0.829. The van der Waals surface area contributed by atoms with E-state index in [0.717, 1.165) is 12.1 Å². The SMILES string of the molecule is O=C(O)[C@@H]1CCNC[C@H]1c1ccc(F)cc1F. The largest absolute Gasteiger partial charge is 0.481 e. The van der Waals surface area contributed by atoms with Crippen LogP contribution < -0.4 is 5.32 Å². The predicted octanol–water partition coefficient (Wildman–Crippen LogP) is 1.74. The van der Waals surface area contributed by atoms with Gasteiger partial charge in [-0.15, -0.1) is 0 Å². The molecule has 0 aliphatic carbocycles. The Balaban J connectivity index is 2.32. The van der Waals surface area contributed by atoms with Crippen LogP contribution in [0.2, 0.25) is 0 Å². The van der Waals surface area contributed by atoms with Crippen LogP contribution in [0.1, 0.15) is 17.9 Å². The average Bonchev–Trinajstić information content (AvgIpc) is 2.29. The maximum atomic E-state index is 13.6. The van der Waals surface area contributed by atoms with Crippen molar-refractivity contribution in [3.8, 4) is 0 Å². The molecular formula is C12H13F2NO2. The van der Waals surface area contributed by atoms with Gasteiger partial charge in [0.2, 0.25) is 0 Å². The van der Waals surface area contributed by atoms with Crippen molar-refractivity contribution in [3.05, 3.63) is 35.4 Å². The minimum Gasteiger partial charge on any atom is -0.481 e. The summed E-state index contributed by atoms with van der Waals surface area (Å²) < 4.78 is 26.4. The van der Waals surface area contributed by atoms with Crippen LogP contribution in [0.3, 0.4) is 0 Å². The van der Waals surface area contributed by atoms with Crippen molar-refractivity contribution < 1.29 is 18.7 Å². The second-order valence-corrected chi connectivity index (χ2v) is 4.21. The van der Waals surface area contributed by atoms with Crippen LogP contribution in [-0.4, -0.2) is 24.2 Å². The van der Waals surface area contributed by atoms with Gasteiger partial charge in [-0.1, -0.05) is 6.07 Å². The minimum atomic E-state index is -0.930. The highest BCUT2D eigenvalue weighted by atomic mass is 19.1. The summed E-state index contributed by atoms with van der Waals surface area (Å²) in [6.45, 7) is 1.01. The molecule has 1 saturated heterocycles. The van der Waals surface area contributed by atoms with E-state index in [2.05, 4.69) is 5.32 Å². The molecule has 1 fully saturated rings. The van der Waals surface area contributed by atoms with Crippen molar-refractivity contribution in [2.75, 3.05) is 13.1 Å². The molecule has 1 aliphatic heterocycles. The fourth-order valence-electron chi connectivity index (χ4n) is 2.28. The molecule has 2 atom stereocenters. The number of piperidine rings is 1. The molecule has 0 aromatic heterocycles. The van der Waals surface area contributed by atoms with Gasteiger partial charge in [0, 0.05) is 18.5 Å². The van der Waals surface area contributed by atoms with E-state index >= 15 is 0 Å². The van der Waals surface area contributed by atoms with E-state index < -0.39 is 29.4 Å². The Morgan fingerprint density at radius 2 is 2.18 bits per heavy atom. The molecule has 2 N–H and O–H groups in total. The summed E-state index contributed by atoms with van der Waals surface area (Å²) in [5.41, 5.74) is 0.269. The summed E-state index contributed by atoms with van der Waals surface area (Å²) in [5.74, 6) is -3.31. The first-order valence-corrected chi connectivity index (χ1v) is 5.48. The van der Waals surface area contributed by atoms with Crippen LogP contribution in [-0.2, 0) is 4.79 Å². The van der Waals surface area contributed by atoms with Gasteiger partial charge < -0.3 is 10.4 Å². The van der Waals surface area contributed by atoms with E-state index in [4.69, 9.17) is 5.11 Å². The maximum Gasteiger partial charge on any atom is 0.307 e. The van der Waals surface area contributed by atoms with Crippen molar-refractivity contribution in [2.24, 2.45) is 5.92 Å². The fraction of sp³-hybridized carbons (Fsp3) is 0.417. The Labute approximate surface area is 97.5 Å². The molecule has 0 radical (unpaired) electrons. The number of rotatable bonds is 2. The summed E-state index contributed by atoms with van der Waals surface area (Å²) in [5, 5.41) is 12.1. The third kappa shape index (κ3) is 2.44. The number of carboxylic acids is 1. The molecule has 5 heteroatoms. The topological polar surface area (TPSA) is 49.3 Å². The lowest BCUT2D eigenvalue weighted by molar-refractivity contribution is -0.143. The first-order valence-electron chi connectivity index (χ1n) is 5.48. The van der Waals surface area contributed by atoms with Gasteiger partial charge in [0.15, 0.2) is 0 Å². The molecule has 1 aromatic carbocycles. The van der Waals surface area contributed by atoms with Gasteiger partial charge in [-0.3, -0.25) is 4.79 Å². The molecule has 2 rings (SSSR count). The number of hydrogen-bond acceptors (Lipinski definition) is 2. The number of nitrogens with one attached hydrogen (secondary N) is 1. The highest BCUT2D eigenvalue weighted by Gasteiger charge is 2.33. The van der Waals surface area contributed by atoms with Gasteiger partial charge in [-0.05, 0) is 24.6 Å². The zero-order chi connectivity index (χ0) is 12.4. The second kappa shape index (κ2) is 4.79. The van der Waals surface area contributed by atoms with Gasteiger partial charge in [0.25, 0.3) is 0 Å². The van der Waals surface area contributed by atoms with Crippen LogP contribution in [0.5, 0.6) is 0 Å². The van der Waals surface area contributed by atoms with E-state index in [1.54, 1.807) is 0 Å². The molecule has 0 saturated carbocycles. The van der Waals surface area contributed by atoms with E-state index in [1.165, 1.54) is 6.07 Å². The smallest absolute Gasteiger partial charge is 0.307 e. The molecule has 0 bridgehead atoms. The van der Waals surface area contributed by atoms with Crippen LogP contribution in [0.15, 0.2) is 18.2 Å². The lowest BCUT2D eigenvalue weighted by Gasteiger charge is -2.29. The Bertz CT molecular complexity index is 437. The molecule has 1 aliphatic rings. The van der Waals surface area contributed by atoms with Gasteiger partial charge in [-0.25, -0.2) is 8.78 Å². The summed E-state index contributed by atoms with van der Waals surface area (Å²) in [4.78, 5) is 11.1. The van der Waals surface area contributed by atoms with Crippen LogP contribution >= 0.6 is 0 Å². The summed E-state index contributed by atoms with van der Waals surface area (Å²) in [7, 11) is 0. The molecule has 92 valence electrons. The number of halogens is 2. The van der Waals surface area contributed by atoms with E-state index in [-0.39, 0.29) is 5.56 Å². The van der Waals surface area contributed by atoms with Gasteiger partial charge in [0.05, 0.1) is 5.92 Å². The van der Waals surface area contributed by atoms with E-state index in [9.17, 15) is 13.6 Å². The third-order valence-electron chi connectivity index (χ3n) is 3.16. The van der Waals surface area contributed by atoms with Gasteiger partial charge in [0.1, 0.15) is 11.6 Å². The monoisotopic (exact) mass is 241 g/mol. The molecule has 0 unspecified atom stereocenters.